The van der Waals surface area contributed by atoms with Gasteiger partial charge in [0.15, 0.2) is 5.13 Å². The van der Waals surface area contributed by atoms with Gasteiger partial charge < -0.3 is 5.32 Å². The highest BCUT2D eigenvalue weighted by atomic mass is 32.2. The normalized spacial score (nSPS) is 14.7. The van der Waals surface area contributed by atoms with Crippen LogP contribution in [0.1, 0.15) is 13.3 Å². The Balaban J connectivity index is 2.00. The largest absolute Gasteiger partial charge is 0.359 e. The Morgan fingerprint density at radius 2 is 2.24 bits per heavy atom. The quantitative estimate of drug-likeness (QED) is 0.906. The Labute approximate surface area is 108 Å². The summed E-state index contributed by atoms with van der Waals surface area (Å²) < 4.78 is 12.2. The summed E-state index contributed by atoms with van der Waals surface area (Å²) in [5, 5.41) is 4.30. The highest BCUT2D eigenvalue weighted by molar-refractivity contribution is 7.84. The van der Waals surface area contributed by atoms with E-state index in [1.807, 2.05) is 18.2 Å². The van der Waals surface area contributed by atoms with E-state index < -0.39 is 10.8 Å². The second kappa shape index (κ2) is 5.60. The van der Waals surface area contributed by atoms with Crippen molar-refractivity contribution in [3.8, 4) is 0 Å². The maximum Gasteiger partial charge on any atom is 0.183 e. The molecule has 0 fully saturated rings. The zero-order valence-electron chi connectivity index (χ0n) is 9.97. The van der Waals surface area contributed by atoms with Crippen molar-refractivity contribution in [3.05, 3.63) is 24.3 Å². The molecular weight excluding hydrogens is 252 g/mol. The van der Waals surface area contributed by atoms with Crippen molar-refractivity contribution in [3.63, 3.8) is 0 Å². The lowest BCUT2D eigenvalue weighted by Gasteiger charge is -2.11. The highest BCUT2D eigenvalue weighted by Gasteiger charge is 2.07. The van der Waals surface area contributed by atoms with Gasteiger partial charge in [0, 0.05) is 28.9 Å². The minimum absolute atomic E-state index is 0.305. The summed E-state index contributed by atoms with van der Waals surface area (Å²) in [6.45, 7) is 2.10. The summed E-state index contributed by atoms with van der Waals surface area (Å²) in [7, 11) is -0.716. The molecule has 0 aliphatic rings. The van der Waals surface area contributed by atoms with Crippen molar-refractivity contribution in [1.82, 2.24) is 4.98 Å². The Morgan fingerprint density at radius 1 is 1.47 bits per heavy atom. The number of para-hydroxylation sites is 1. The maximum atomic E-state index is 11.0. The fourth-order valence-corrected chi connectivity index (χ4v) is 3.22. The molecule has 0 aliphatic carbocycles. The second-order valence-corrected chi connectivity index (χ2v) is 6.68. The average molecular weight is 268 g/mol. The molecule has 0 saturated heterocycles. The first-order valence-corrected chi connectivity index (χ1v) is 8.11. The molecular formula is C12H16N2OS2. The van der Waals surface area contributed by atoms with Gasteiger partial charge in [-0.25, -0.2) is 4.98 Å². The maximum absolute atomic E-state index is 11.0. The number of rotatable bonds is 5. The summed E-state index contributed by atoms with van der Waals surface area (Å²) in [6.07, 6.45) is 2.64. The monoisotopic (exact) mass is 268 g/mol. The van der Waals surface area contributed by atoms with Crippen LogP contribution in [0.4, 0.5) is 5.13 Å². The lowest BCUT2D eigenvalue weighted by atomic mass is 10.3. The van der Waals surface area contributed by atoms with Gasteiger partial charge in [-0.2, -0.15) is 0 Å². The first-order chi connectivity index (χ1) is 8.15. The highest BCUT2D eigenvalue weighted by Crippen LogP contribution is 2.25. The van der Waals surface area contributed by atoms with E-state index in [1.165, 1.54) is 4.70 Å². The summed E-state index contributed by atoms with van der Waals surface area (Å²) in [5.41, 5.74) is 1.03. The molecule has 2 rings (SSSR count). The molecule has 0 amide bonds. The Morgan fingerprint density at radius 3 is 2.94 bits per heavy atom. The number of nitrogens with zero attached hydrogens (tertiary/aromatic N) is 1. The number of hydrogen-bond acceptors (Lipinski definition) is 4. The number of aromatic nitrogens is 1. The number of benzene rings is 1. The van der Waals surface area contributed by atoms with Gasteiger partial charge in [0.05, 0.1) is 10.2 Å². The van der Waals surface area contributed by atoms with Crippen LogP contribution in [0.25, 0.3) is 10.2 Å². The number of anilines is 1. The SMILES string of the molecule is CC(CCS(C)=O)Nc1nc2ccccc2s1. The molecule has 1 N–H and O–H groups in total. The third kappa shape index (κ3) is 3.51. The van der Waals surface area contributed by atoms with Crippen LogP contribution in [0.2, 0.25) is 0 Å². The smallest absolute Gasteiger partial charge is 0.183 e. The molecule has 2 aromatic rings. The van der Waals surface area contributed by atoms with E-state index in [0.29, 0.717) is 6.04 Å². The van der Waals surface area contributed by atoms with Crippen molar-refractivity contribution in [2.75, 3.05) is 17.3 Å². The van der Waals surface area contributed by atoms with Gasteiger partial charge in [-0.15, -0.1) is 0 Å². The Kier molecular flexibility index (Phi) is 4.12. The molecule has 92 valence electrons. The molecule has 2 unspecified atom stereocenters. The van der Waals surface area contributed by atoms with Crippen molar-refractivity contribution >= 4 is 37.5 Å². The van der Waals surface area contributed by atoms with E-state index in [0.717, 1.165) is 22.8 Å². The molecule has 1 aromatic heterocycles. The summed E-state index contributed by atoms with van der Waals surface area (Å²) in [4.78, 5) is 4.51. The van der Waals surface area contributed by atoms with Crippen molar-refractivity contribution in [2.45, 2.75) is 19.4 Å². The zero-order valence-corrected chi connectivity index (χ0v) is 11.6. The van der Waals surface area contributed by atoms with E-state index in [4.69, 9.17) is 0 Å². The summed E-state index contributed by atoms with van der Waals surface area (Å²) >= 11 is 1.66. The molecule has 17 heavy (non-hydrogen) atoms. The van der Waals surface area contributed by atoms with Crippen LogP contribution in [0.15, 0.2) is 24.3 Å². The fraction of sp³-hybridized carbons (Fsp3) is 0.417. The van der Waals surface area contributed by atoms with E-state index in [2.05, 4.69) is 23.3 Å². The van der Waals surface area contributed by atoms with Crippen LogP contribution in [0, 0.1) is 0 Å². The van der Waals surface area contributed by atoms with Crippen LogP contribution in [-0.4, -0.2) is 27.2 Å². The molecule has 0 saturated carbocycles. The molecule has 1 heterocycles. The second-order valence-electron chi connectivity index (χ2n) is 4.10. The number of fused-ring (bicyclic) bond motifs is 1. The molecule has 0 spiro atoms. The third-order valence-electron chi connectivity index (χ3n) is 2.50. The van der Waals surface area contributed by atoms with Gasteiger partial charge in [-0.05, 0) is 25.5 Å². The minimum Gasteiger partial charge on any atom is -0.359 e. The number of hydrogen-bond donors (Lipinski definition) is 1. The molecule has 0 aliphatic heterocycles. The Bertz CT molecular complexity index is 491. The molecule has 1 aromatic carbocycles. The predicted octanol–water partition coefficient (Wildman–Crippen LogP) is 2.87. The Hall–Kier alpha value is -0.940. The molecule has 0 bridgehead atoms. The van der Waals surface area contributed by atoms with Crippen LogP contribution >= 0.6 is 11.3 Å². The van der Waals surface area contributed by atoms with Gasteiger partial charge >= 0.3 is 0 Å². The molecule has 3 nitrogen and oxygen atoms in total. The number of nitrogens with one attached hydrogen (secondary N) is 1. The topological polar surface area (TPSA) is 42.0 Å². The van der Waals surface area contributed by atoms with E-state index in [1.54, 1.807) is 17.6 Å². The predicted molar refractivity (Wildman–Crippen MR) is 76.3 cm³/mol. The molecule has 2 atom stereocenters. The zero-order chi connectivity index (χ0) is 12.3. The standard InChI is InChI=1S/C12H16N2OS2/c1-9(7-8-17(2)15)13-12-14-10-5-3-4-6-11(10)16-12/h3-6,9H,7-8H2,1-2H3,(H,13,14). The van der Waals surface area contributed by atoms with Gasteiger partial charge in [-0.1, -0.05) is 23.5 Å². The van der Waals surface area contributed by atoms with Crippen LogP contribution < -0.4 is 5.32 Å². The summed E-state index contributed by atoms with van der Waals surface area (Å²) in [6, 6.07) is 8.41. The van der Waals surface area contributed by atoms with Crippen LogP contribution in [0.3, 0.4) is 0 Å². The molecule has 0 radical (unpaired) electrons. The van der Waals surface area contributed by atoms with E-state index in [9.17, 15) is 4.21 Å². The lowest BCUT2D eigenvalue weighted by molar-refractivity contribution is 0.678. The van der Waals surface area contributed by atoms with E-state index in [-0.39, 0.29) is 0 Å². The summed E-state index contributed by atoms with van der Waals surface area (Å²) in [5.74, 6) is 0.735. The fourth-order valence-electron chi connectivity index (χ4n) is 1.56. The van der Waals surface area contributed by atoms with Gasteiger partial charge in [0.2, 0.25) is 0 Å². The number of thiazole rings is 1. The minimum atomic E-state index is -0.716. The van der Waals surface area contributed by atoms with Gasteiger partial charge in [0.25, 0.3) is 0 Å². The first kappa shape index (κ1) is 12.5. The van der Waals surface area contributed by atoms with E-state index >= 15 is 0 Å². The average Bonchev–Trinajstić information content (AvgIpc) is 2.68. The van der Waals surface area contributed by atoms with Crippen LogP contribution in [-0.2, 0) is 10.8 Å². The molecule has 5 heteroatoms. The van der Waals surface area contributed by atoms with Gasteiger partial charge in [-0.3, -0.25) is 4.21 Å². The van der Waals surface area contributed by atoms with Gasteiger partial charge in [0.1, 0.15) is 0 Å². The van der Waals surface area contributed by atoms with Crippen molar-refractivity contribution < 1.29 is 4.21 Å². The third-order valence-corrected chi connectivity index (χ3v) is 4.28. The lowest BCUT2D eigenvalue weighted by Crippen LogP contribution is -2.17. The first-order valence-electron chi connectivity index (χ1n) is 5.57. The van der Waals surface area contributed by atoms with Crippen molar-refractivity contribution in [2.24, 2.45) is 0 Å². The van der Waals surface area contributed by atoms with Crippen LogP contribution in [0.5, 0.6) is 0 Å². The van der Waals surface area contributed by atoms with Crippen molar-refractivity contribution in [1.29, 1.82) is 0 Å².